The fraction of sp³-hybridized carbons (Fsp3) is 0.263. The summed E-state index contributed by atoms with van der Waals surface area (Å²) in [5.41, 5.74) is 2.14. The molecule has 1 aliphatic heterocycles. The summed E-state index contributed by atoms with van der Waals surface area (Å²) in [7, 11) is -2.46. The smallest absolute Gasteiger partial charge is 0.408 e. The average Bonchev–Trinajstić information content (AvgIpc) is 2.96. The summed E-state index contributed by atoms with van der Waals surface area (Å²) in [5.74, 6) is -0.934. The molecule has 1 unspecified atom stereocenters. The maximum Gasteiger partial charge on any atom is 0.419 e. The van der Waals surface area contributed by atoms with Gasteiger partial charge in [0.2, 0.25) is 15.9 Å². The third-order valence-electron chi connectivity index (χ3n) is 5.02. The minimum Gasteiger partial charge on any atom is -0.408 e. The molecule has 3 aromatic rings. The van der Waals surface area contributed by atoms with Crippen LogP contribution in [0.3, 0.4) is 0 Å². The van der Waals surface area contributed by atoms with Gasteiger partial charge in [-0.25, -0.2) is 13.2 Å². The topological polar surface area (TPSA) is 102 Å². The first-order valence-corrected chi connectivity index (χ1v) is 10.2. The van der Waals surface area contributed by atoms with Crippen molar-refractivity contribution in [3.8, 4) is 0 Å². The molecule has 9 heteroatoms. The Morgan fingerprint density at radius 2 is 1.89 bits per heavy atom. The number of aromatic nitrogens is 1. The SMILES string of the molecule is Cc1ccccc1C1C(=O)NCCN1S(=O)(=O)c1ccc2c(c1)oc(=O)n2C. The zero-order valence-electron chi connectivity index (χ0n) is 15.4. The number of rotatable bonds is 3. The second kappa shape index (κ2) is 6.61. The predicted octanol–water partition coefficient (Wildman–Crippen LogP) is 1.30. The van der Waals surface area contributed by atoms with Gasteiger partial charge in [0.1, 0.15) is 6.04 Å². The Morgan fingerprint density at radius 1 is 1.14 bits per heavy atom. The number of carbonyl (C=O) groups excluding carboxylic acids is 1. The molecule has 0 spiro atoms. The van der Waals surface area contributed by atoms with Crippen molar-refractivity contribution >= 4 is 27.0 Å². The van der Waals surface area contributed by atoms with Crippen molar-refractivity contribution in [1.82, 2.24) is 14.2 Å². The third-order valence-corrected chi connectivity index (χ3v) is 6.88. The monoisotopic (exact) mass is 401 g/mol. The summed E-state index contributed by atoms with van der Waals surface area (Å²) in [6.45, 7) is 2.21. The van der Waals surface area contributed by atoms with Crippen LogP contribution < -0.4 is 11.1 Å². The first-order chi connectivity index (χ1) is 13.3. The number of carbonyl (C=O) groups is 1. The van der Waals surface area contributed by atoms with Crippen LogP contribution in [0, 0.1) is 6.92 Å². The molecule has 1 aliphatic rings. The van der Waals surface area contributed by atoms with Gasteiger partial charge in [0.25, 0.3) is 0 Å². The van der Waals surface area contributed by atoms with Crippen LogP contribution in [0.15, 0.2) is 56.6 Å². The molecule has 2 heterocycles. The van der Waals surface area contributed by atoms with E-state index in [2.05, 4.69) is 5.32 Å². The molecule has 0 saturated carbocycles. The van der Waals surface area contributed by atoms with E-state index in [0.717, 1.165) is 5.56 Å². The van der Waals surface area contributed by atoms with Crippen LogP contribution in [0.5, 0.6) is 0 Å². The molecule has 1 fully saturated rings. The predicted molar refractivity (Wildman–Crippen MR) is 102 cm³/mol. The molecular weight excluding hydrogens is 382 g/mol. The summed E-state index contributed by atoms with van der Waals surface area (Å²) in [4.78, 5) is 24.3. The van der Waals surface area contributed by atoms with E-state index in [9.17, 15) is 18.0 Å². The molecule has 28 heavy (non-hydrogen) atoms. The Hall–Kier alpha value is -2.91. The normalized spacial score (nSPS) is 18.4. The molecule has 0 aliphatic carbocycles. The van der Waals surface area contributed by atoms with Crippen molar-refractivity contribution < 1.29 is 17.6 Å². The van der Waals surface area contributed by atoms with E-state index >= 15 is 0 Å². The van der Waals surface area contributed by atoms with Crippen LogP contribution >= 0.6 is 0 Å². The maximum absolute atomic E-state index is 13.4. The highest BCUT2D eigenvalue weighted by molar-refractivity contribution is 7.89. The number of fused-ring (bicyclic) bond motifs is 1. The molecule has 0 bridgehead atoms. The number of piperazine rings is 1. The number of amides is 1. The highest BCUT2D eigenvalue weighted by atomic mass is 32.2. The van der Waals surface area contributed by atoms with Gasteiger partial charge < -0.3 is 9.73 Å². The Kier molecular flexibility index (Phi) is 4.35. The molecular formula is C19H19N3O5S. The van der Waals surface area contributed by atoms with Crippen LogP contribution in [-0.2, 0) is 21.9 Å². The highest BCUT2D eigenvalue weighted by Gasteiger charge is 2.40. The van der Waals surface area contributed by atoms with E-state index in [1.165, 1.54) is 27.1 Å². The van der Waals surface area contributed by atoms with Gasteiger partial charge in [0.15, 0.2) is 5.58 Å². The van der Waals surface area contributed by atoms with E-state index in [-0.39, 0.29) is 29.5 Å². The van der Waals surface area contributed by atoms with E-state index in [4.69, 9.17) is 4.42 Å². The van der Waals surface area contributed by atoms with E-state index in [1.54, 1.807) is 19.2 Å². The number of sulfonamides is 1. The Morgan fingerprint density at radius 3 is 2.64 bits per heavy atom. The molecule has 4 rings (SSSR count). The summed E-state index contributed by atoms with van der Waals surface area (Å²) in [6, 6.07) is 10.5. The summed E-state index contributed by atoms with van der Waals surface area (Å²) in [6.07, 6.45) is 0. The van der Waals surface area contributed by atoms with Crippen LogP contribution in [0.25, 0.3) is 11.1 Å². The lowest BCUT2D eigenvalue weighted by Crippen LogP contribution is -2.52. The lowest BCUT2D eigenvalue weighted by atomic mass is 9.99. The van der Waals surface area contributed by atoms with E-state index in [1.807, 2.05) is 19.1 Å². The second-order valence-electron chi connectivity index (χ2n) is 6.72. The number of aryl methyl sites for hydroxylation is 2. The highest BCUT2D eigenvalue weighted by Crippen LogP contribution is 2.32. The summed E-state index contributed by atoms with van der Waals surface area (Å²) in [5, 5.41) is 2.74. The van der Waals surface area contributed by atoms with Gasteiger partial charge >= 0.3 is 5.76 Å². The lowest BCUT2D eigenvalue weighted by molar-refractivity contribution is -0.126. The van der Waals surface area contributed by atoms with Crippen LogP contribution in [0.1, 0.15) is 17.2 Å². The van der Waals surface area contributed by atoms with Crippen molar-refractivity contribution in [3.05, 3.63) is 64.1 Å². The van der Waals surface area contributed by atoms with Crippen molar-refractivity contribution in [2.45, 2.75) is 17.9 Å². The van der Waals surface area contributed by atoms with Gasteiger partial charge in [-0.1, -0.05) is 24.3 Å². The van der Waals surface area contributed by atoms with Gasteiger partial charge in [-0.3, -0.25) is 9.36 Å². The van der Waals surface area contributed by atoms with Crippen LogP contribution in [0.4, 0.5) is 0 Å². The lowest BCUT2D eigenvalue weighted by Gasteiger charge is -2.34. The Labute approximate surface area is 161 Å². The Bertz CT molecular complexity index is 1240. The summed E-state index contributed by atoms with van der Waals surface area (Å²) < 4.78 is 34.4. The Balaban J connectivity index is 1.83. The first kappa shape index (κ1) is 18.5. The number of nitrogens with one attached hydrogen (secondary N) is 1. The van der Waals surface area contributed by atoms with Gasteiger partial charge in [0, 0.05) is 26.2 Å². The minimum absolute atomic E-state index is 0.0253. The molecule has 1 atom stereocenters. The molecule has 1 saturated heterocycles. The number of nitrogens with zero attached hydrogens (tertiary/aromatic N) is 2. The second-order valence-corrected chi connectivity index (χ2v) is 8.61. The average molecular weight is 401 g/mol. The maximum atomic E-state index is 13.4. The van der Waals surface area contributed by atoms with E-state index < -0.39 is 21.8 Å². The number of oxazole rings is 1. The fourth-order valence-corrected chi connectivity index (χ4v) is 5.09. The number of hydrogen-bond donors (Lipinski definition) is 1. The van der Waals surface area contributed by atoms with Crippen molar-refractivity contribution in [2.24, 2.45) is 7.05 Å². The minimum atomic E-state index is -4.00. The van der Waals surface area contributed by atoms with Crippen molar-refractivity contribution in [1.29, 1.82) is 0 Å². The van der Waals surface area contributed by atoms with E-state index in [0.29, 0.717) is 11.1 Å². The van der Waals surface area contributed by atoms with Crippen molar-refractivity contribution in [2.75, 3.05) is 13.1 Å². The fourth-order valence-electron chi connectivity index (χ4n) is 3.50. The third kappa shape index (κ3) is 2.83. The van der Waals surface area contributed by atoms with Crippen molar-refractivity contribution in [3.63, 3.8) is 0 Å². The van der Waals surface area contributed by atoms with Gasteiger partial charge in [-0.2, -0.15) is 4.31 Å². The number of hydrogen-bond acceptors (Lipinski definition) is 5. The quantitative estimate of drug-likeness (QED) is 0.713. The van der Waals surface area contributed by atoms with Gasteiger partial charge in [0.05, 0.1) is 10.4 Å². The first-order valence-electron chi connectivity index (χ1n) is 8.75. The molecule has 0 radical (unpaired) electrons. The zero-order chi connectivity index (χ0) is 20.1. The van der Waals surface area contributed by atoms with Gasteiger partial charge in [-0.05, 0) is 30.2 Å². The molecule has 1 aromatic heterocycles. The zero-order valence-corrected chi connectivity index (χ0v) is 16.2. The molecule has 1 N–H and O–H groups in total. The largest absolute Gasteiger partial charge is 0.419 e. The molecule has 146 valence electrons. The molecule has 2 aromatic carbocycles. The van der Waals surface area contributed by atoms with Gasteiger partial charge in [-0.15, -0.1) is 0 Å². The standard InChI is InChI=1S/C19H19N3O5S/c1-12-5-3-4-6-14(12)17-18(23)20-9-10-22(17)28(25,26)13-7-8-15-16(11-13)27-19(24)21(15)2/h3-8,11,17H,9-10H2,1-2H3,(H,20,23). The molecule has 1 amide bonds. The summed E-state index contributed by atoms with van der Waals surface area (Å²) >= 11 is 0. The van der Waals surface area contributed by atoms with Crippen LogP contribution in [-0.4, -0.2) is 36.3 Å². The number of benzene rings is 2. The van der Waals surface area contributed by atoms with Crippen LogP contribution in [0.2, 0.25) is 0 Å². The molecule has 8 nitrogen and oxygen atoms in total.